The molecular weight excluding hydrogens is 268 g/mol. The van der Waals surface area contributed by atoms with Crippen molar-refractivity contribution in [2.45, 2.75) is 4.90 Å². The number of benzene rings is 2. The van der Waals surface area contributed by atoms with Crippen LogP contribution in [0.25, 0.3) is 0 Å². The average molecular weight is 280 g/mol. The van der Waals surface area contributed by atoms with Gasteiger partial charge in [0.2, 0.25) is 6.79 Å². The second-order valence-electron chi connectivity index (χ2n) is 3.46. The van der Waals surface area contributed by atoms with Crippen LogP contribution in [0.4, 0.5) is 0 Å². The number of para-hydroxylation sites is 1. The van der Waals surface area contributed by atoms with Gasteiger partial charge in [-0.25, -0.2) is 8.39 Å². The van der Waals surface area contributed by atoms with Crippen LogP contribution < -0.4 is 4.74 Å². The molecule has 3 nitrogen and oxygen atoms in total. The van der Waals surface area contributed by atoms with Crippen molar-refractivity contribution in [1.82, 2.24) is 0 Å². The van der Waals surface area contributed by atoms with Crippen molar-refractivity contribution in [2.24, 2.45) is 0 Å². The summed E-state index contributed by atoms with van der Waals surface area (Å²) in [6.45, 7) is -0.138. The highest BCUT2D eigenvalue weighted by atomic mass is 32.8. The second kappa shape index (κ2) is 5.95. The molecule has 0 aliphatic heterocycles. The van der Waals surface area contributed by atoms with E-state index in [0.29, 0.717) is 10.6 Å². The second-order valence-corrected chi connectivity index (χ2v) is 6.39. The first kappa shape index (κ1) is 13.0. The fourth-order valence-corrected chi connectivity index (χ4v) is 2.58. The van der Waals surface area contributed by atoms with Crippen LogP contribution in [0.5, 0.6) is 5.75 Å². The molecule has 1 atom stereocenters. The molecule has 0 amide bonds. The number of hydrogen-bond acceptors (Lipinski definition) is 4. The molecule has 2 aromatic carbocycles. The van der Waals surface area contributed by atoms with Gasteiger partial charge < -0.3 is 4.74 Å². The lowest BCUT2D eigenvalue weighted by Gasteiger charge is -2.09. The Morgan fingerprint density at radius 3 is 2.11 bits per heavy atom. The van der Waals surface area contributed by atoms with Crippen molar-refractivity contribution < 1.29 is 13.1 Å². The molecular formula is C13H12O3S2. The molecule has 1 unspecified atom stereocenters. The van der Waals surface area contributed by atoms with Gasteiger partial charge in [0.25, 0.3) is 0 Å². The van der Waals surface area contributed by atoms with Crippen LogP contribution >= 0.6 is 0 Å². The summed E-state index contributed by atoms with van der Waals surface area (Å²) < 4.78 is 22.5. The minimum Gasteiger partial charge on any atom is -0.466 e. The largest absolute Gasteiger partial charge is 0.466 e. The van der Waals surface area contributed by atoms with Gasteiger partial charge in [0.05, 0.1) is 4.90 Å². The predicted octanol–water partition coefficient (Wildman–Crippen LogP) is 2.76. The molecule has 0 bridgehead atoms. The maximum Gasteiger partial charge on any atom is 0.204 e. The zero-order valence-corrected chi connectivity index (χ0v) is 11.2. The smallest absolute Gasteiger partial charge is 0.204 e. The lowest BCUT2D eigenvalue weighted by molar-refractivity contribution is 0.133. The van der Waals surface area contributed by atoms with Crippen molar-refractivity contribution in [1.29, 1.82) is 0 Å². The van der Waals surface area contributed by atoms with E-state index >= 15 is 0 Å². The lowest BCUT2D eigenvalue weighted by atomic mass is 10.3. The molecule has 0 spiro atoms. The highest BCUT2D eigenvalue weighted by molar-refractivity contribution is 8.30. The molecule has 18 heavy (non-hydrogen) atoms. The van der Waals surface area contributed by atoms with Crippen molar-refractivity contribution in [2.75, 3.05) is 6.79 Å². The lowest BCUT2D eigenvalue weighted by Crippen LogP contribution is -2.10. The highest BCUT2D eigenvalue weighted by Crippen LogP contribution is 2.13. The van der Waals surface area contributed by atoms with E-state index < -0.39 is 8.77 Å². The van der Waals surface area contributed by atoms with Gasteiger partial charge in [-0.1, -0.05) is 36.4 Å². The Kier molecular flexibility index (Phi) is 4.30. The van der Waals surface area contributed by atoms with Crippen LogP contribution in [0, 0.1) is 0 Å². The molecule has 0 saturated heterocycles. The average Bonchev–Trinajstić information content (AvgIpc) is 2.41. The summed E-state index contributed by atoms with van der Waals surface area (Å²) >= 11 is 4.95. The zero-order chi connectivity index (χ0) is 12.8. The summed E-state index contributed by atoms with van der Waals surface area (Å²) in [6.07, 6.45) is 0. The van der Waals surface area contributed by atoms with Crippen LogP contribution in [-0.4, -0.2) is 11.0 Å². The van der Waals surface area contributed by atoms with Crippen molar-refractivity contribution >= 4 is 20.0 Å². The Labute approximate surface area is 111 Å². The maximum atomic E-state index is 12.1. The quantitative estimate of drug-likeness (QED) is 0.789. The van der Waals surface area contributed by atoms with Gasteiger partial charge in [0.15, 0.2) is 8.77 Å². The summed E-state index contributed by atoms with van der Waals surface area (Å²) in [7, 11) is -2.92. The predicted molar refractivity (Wildman–Crippen MR) is 73.2 cm³/mol. The molecule has 0 radical (unpaired) electrons. The Morgan fingerprint density at radius 2 is 1.50 bits per heavy atom. The summed E-state index contributed by atoms with van der Waals surface area (Å²) in [5.74, 6) is 0.649. The Bertz CT molecular complexity index is 580. The van der Waals surface area contributed by atoms with Gasteiger partial charge in [0, 0.05) is 11.2 Å². The fraction of sp³-hybridized carbons (Fsp3) is 0.0769. The zero-order valence-electron chi connectivity index (χ0n) is 9.52. The number of rotatable bonds is 5. The molecule has 0 saturated carbocycles. The molecule has 0 aromatic heterocycles. The first-order chi connectivity index (χ1) is 8.68. The third kappa shape index (κ3) is 3.53. The van der Waals surface area contributed by atoms with Crippen LogP contribution in [-0.2, 0) is 24.1 Å². The summed E-state index contributed by atoms with van der Waals surface area (Å²) in [5.41, 5.74) is 0. The van der Waals surface area contributed by atoms with Gasteiger partial charge >= 0.3 is 0 Å². The summed E-state index contributed by atoms with van der Waals surface area (Å²) in [5, 5.41) is 0. The monoisotopic (exact) mass is 280 g/mol. The SMILES string of the molecule is O=S(=S)(OCOc1ccccc1)c1ccccc1. The van der Waals surface area contributed by atoms with E-state index in [1.807, 2.05) is 24.3 Å². The topological polar surface area (TPSA) is 35.5 Å². The molecule has 94 valence electrons. The molecule has 2 rings (SSSR count). The molecule has 0 N–H and O–H groups in total. The molecule has 2 aromatic rings. The Morgan fingerprint density at radius 1 is 0.944 bits per heavy atom. The maximum absolute atomic E-state index is 12.1. The molecule has 0 aliphatic rings. The van der Waals surface area contributed by atoms with Crippen molar-refractivity contribution in [3.05, 3.63) is 60.7 Å². The van der Waals surface area contributed by atoms with Gasteiger partial charge in [-0.3, -0.25) is 0 Å². The van der Waals surface area contributed by atoms with Crippen LogP contribution in [0.15, 0.2) is 65.6 Å². The number of hydrogen-bond donors (Lipinski definition) is 0. The van der Waals surface area contributed by atoms with Crippen LogP contribution in [0.1, 0.15) is 0 Å². The number of ether oxygens (including phenoxy) is 1. The van der Waals surface area contributed by atoms with Gasteiger partial charge in [0.1, 0.15) is 5.75 Å². The van der Waals surface area contributed by atoms with E-state index in [1.165, 1.54) is 0 Å². The summed E-state index contributed by atoms with van der Waals surface area (Å²) in [6, 6.07) is 17.9. The highest BCUT2D eigenvalue weighted by Gasteiger charge is 2.09. The normalized spacial score (nSPS) is 13.8. The van der Waals surface area contributed by atoms with Crippen LogP contribution in [0.2, 0.25) is 0 Å². The van der Waals surface area contributed by atoms with E-state index in [4.69, 9.17) is 20.1 Å². The standard InChI is InChI=1S/C13H12O3S2/c14-18(17,13-9-5-2-6-10-13)16-11-15-12-7-3-1-4-8-12/h1-10H,11H2. The minimum atomic E-state index is -2.92. The Balaban J connectivity index is 1.95. The third-order valence-corrected chi connectivity index (χ3v) is 4.33. The first-order valence-electron chi connectivity index (χ1n) is 5.31. The van der Waals surface area contributed by atoms with Gasteiger partial charge in [-0.05, 0) is 24.3 Å². The first-order valence-corrected chi connectivity index (χ1v) is 7.72. The minimum absolute atomic E-state index is 0.138. The molecule has 5 heteroatoms. The van der Waals surface area contributed by atoms with E-state index in [9.17, 15) is 4.21 Å². The van der Waals surface area contributed by atoms with E-state index in [2.05, 4.69) is 0 Å². The van der Waals surface area contributed by atoms with Crippen LogP contribution in [0.3, 0.4) is 0 Å². The summed E-state index contributed by atoms with van der Waals surface area (Å²) in [4.78, 5) is 0.483. The third-order valence-electron chi connectivity index (χ3n) is 2.20. The van der Waals surface area contributed by atoms with E-state index in [-0.39, 0.29) is 6.79 Å². The van der Waals surface area contributed by atoms with Gasteiger partial charge in [-0.15, -0.1) is 0 Å². The molecule has 0 aliphatic carbocycles. The Hall–Kier alpha value is -1.43. The van der Waals surface area contributed by atoms with Crippen molar-refractivity contribution in [3.63, 3.8) is 0 Å². The van der Waals surface area contributed by atoms with E-state index in [0.717, 1.165) is 0 Å². The fourth-order valence-electron chi connectivity index (χ4n) is 1.33. The molecule has 0 heterocycles. The molecule has 0 fully saturated rings. The van der Waals surface area contributed by atoms with Gasteiger partial charge in [-0.2, -0.15) is 0 Å². The van der Waals surface area contributed by atoms with E-state index in [1.54, 1.807) is 36.4 Å². The van der Waals surface area contributed by atoms with Crippen molar-refractivity contribution in [3.8, 4) is 5.75 Å².